The molecule has 0 spiro atoms. The summed E-state index contributed by atoms with van der Waals surface area (Å²) in [6, 6.07) is 6.83. The normalized spacial score (nSPS) is 16.4. The summed E-state index contributed by atoms with van der Waals surface area (Å²) >= 11 is 0. The first kappa shape index (κ1) is 22.0. The van der Waals surface area contributed by atoms with Crippen molar-refractivity contribution in [2.75, 3.05) is 33.3 Å². The van der Waals surface area contributed by atoms with Crippen molar-refractivity contribution in [1.29, 1.82) is 0 Å². The van der Waals surface area contributed by atoms with Crippen molar-refractivity contribution in [1.82, 2.24) is 15.5 Å². The first-order chi connectivity index (χ1) is 13.6. The third kappa shape index (κ3) is 8.13. The van der Waals surface area contributed by atoms with Gasteiger partial charge in [-0.1, -0.05) is 25.0 Å². The molecule has 1 saturated heterocycles. The number of likely N-dealkylation sites (tertiary alicyclic amines) is 1. The largest absolute Gasteiger partial charge is 0.497 e. The first-order valence-electron chi connectivity index (χ1n) is 10.2. The molecule has 2 N–H and O–H groups in total. The Morgan fingerprint density at radius 3 is 2.46 bits per heavy atom. The van der Waals surface area contributed by atoms with Gasteiger partial charge in [-0.25, -0.2) is 0 Å². The van der Waals surface area contributed by atoms with Gasteiger partial charge in [0.2, 0.25) is 11.8 Å². The van der Waals surface area contributed by atoms with Crippen molar-refractivity contribution in [3.63, 3.8) is 0 Å². The third-order valence-corrected chi connectivity index (χ3v) is 4.94. The lowest BCUT2D eigenvalue weighted by Crippen LogP contribution is -2.44. The molecular weight excluding hydrogens is 354 g/mol. The smallest absolute Gasteiger partial charge is 0.244 e. The van der Waals surface area contributed by atoms with Gasteiger partial charge < -0.3 is 20.3 Å². The van der Waals surface area contributed by atoms with Crippen LogP contribution in [-0.2, 0) is 9.59 Å². The highest BCUT2D eigenvalue weighted by molar-refractivity contribution is 5.95. The Labute approximate surface area is 168 Å². The summed E-state index contributed by atoms with van der Waals surface area (Å²) in [4.78, 5) is 26.6. The molecule has 1 unspecified atom stereocenters. The number of benzene rings is 1. The van der Waals surface area contributed by atoms with Crippen LogP contribution >= 0.6 is 0 Å². The molecule has 2 amide bonds. The van der Waals surface area contributed by atoms with Crippen molar-refractivity contribution in [2.24, 2.45) is 0 Å². The molecule has 154 valence electrons. The summed E-state index contributed by atoms with van der Waals surface area (Å²) in [6.07, 6.45) is 9.29. The average molecular weight is 388 g/mol. The number of rotatable bonds is 9. The van der Waals surface area contributed by atoms with Gasteiger partial charge in [0.25, 0.3) is 0 Å². The summed E-state index contributed by atoms with van der Waals surface area (Å²) in [5.41, 5.74) is 0.890. The van der Waals surface area contributed by atoms with Crippen LogP contribution in [0.15, 0.2) is 30.3 Å². The second-order valence-electron chi connectivity index (χ2n) is 7.24. The van der Waals surface area contributed by atoms with E-state index in [1.54, 1.807) is 20.1 Å². The van der Waals surface area contributed by atoms with Gasteiger partial charge in [-0.05, 0) is 69.6 Å². The average Bonchev–Trinajstić information content (AvgIpc) is 2.98. The number of nitrogens with one attached hydrogen (secondary N) is 2. The van der Waals surface area contributed by atoms with Crippen LogP contribution in [0.1, 0.15) is 44.6 Å². The lowest BCUT2D eigenvalue weighted by Gasteiger charge is -2.20. The molecule has 6 nitrogen and oxygen atoms in total. The van der Waals surface area contributed by atoms with Gasteiger partial charge in [0.05, 0.1) is 7.11 Å². The topological polar surface area (TPSA) is 70.7 Å². The van der Waals surface area contributed by atoms with Gasteiger partial charge in [-0.3, -0.25) is 9.59 Å². The summed E-state index contributed by atoms with van der Waals surface area (Å²) < 4.78 is 5.10. The summed E-state index contributed by atoms with van der Waals surface area (Å²) in [7, 11) is 1.61. The zero-order valence-corrected chi connectivity index (χ0v) is 17.1. The molecule has 1 aliphatic rings. The zero-order chi connectivity index (χ0) is 20.2. The minimum absolute atomic E-state index is 0.151. The molecule has 1 atom stereocenters. The monoisotopic (exact) mass is 387 g/mol. The number of methoxy groups -OCH3 is 1. The molecule has 2 rings (SSSR count). The molecular formula is C22H33N3O3. The predicted molar refractivity (Wildman–Crippen MR) is 112 cm³/mol. The van der Waals surface area contributed by atoms with Gasteiger partial charge >= 0.3 is 0 Å². The molecule has 1 aromatic rings. The van der Waals surface area contributed by atoms with E-state index in [4.69, 9.17) is 4.74 Å². The molecule has 1 heterocycles. The molecule has 1 aliphatic heterocycles. The molecule has 6 heteroatoms. The summed E-state index contributed by atoms with van der Waals surface area (Å²) in [6.45, 7) is 5.69. The van der Waals surface area contributed by atoms with E-state index in [2.05, 4.69) is 15.5 Å². The van der Waals surface area contributed by atoms with Crippen molar-refractivity contribution in [3.05, 3.63) is 35.9 Å². The van der Waals surface area contributed by atoms with E-state index in [0.29, 0.717) is 6.54 Å². The Hall–Kier alpha value is -2.34. The number of nitrogens with zero attached hydrogens (tertiary/aromatic N) is 1. The minimum atomic E-state index is -0.564. The van der Waals surface area contributed by atoms with Gasteiger partial charge in [-0.15, -0.1) is 0 Å². The van der Waals surface area contributed by atoms with Crippen molar-refractivity contribution in [3.8, 4) is 5.75 Å². The fourth-order valence-corrected chi connectivity index (χ4v) is 3.24. The van der Waals surface area contributed by atoms with Crippen molar-refractivity contribution >= 4 is 17.9 Å². The molecule has 1 aromatic carbocycles. The van der Waals surface area contributed by atoms with Crippen LogP contribution in [0.4, 0.5) is 0 Å². The fourth-order valence-electron chi connectivity index (χ4n) is 3.24. The SMILES string of the molecule is COc1ccc(C=CC(=O)NC(C)C(=O)NCCCN2CCCCCC2)cc1. The molecule has 0 aliphatic carbocycles. The number of ether oxygens (including phenoxy) is 1. The second-order valence-corrected chi connectivity index (χ2v) is 7.24. The molecule has 0 aromatic heterocycles. The van der Waals surface area contributed by atoms with E-state index in [1.807, 2.05) is 24.3 Å². The van der Waals surface area contributed by atoms with Gasteiger partial charge in [0.1, 0.15) is 11.8 Å². The maximum Gasteiger partial charge on any atom is 0.244 e. The van der Waals surface area contributed by atoms with E-state index in [9.17, 15) is 9.59 Å². The van der Waals surface area contributed by atoms with Gasteiger partial charge in [0, 0.05) is 12.6 Å². The third-order valence-electron chi connectivity index (χ3n) is 4.94. The number of hydrogen-bond donors (Lipinski definition) is 2. The Balaban J connectivity index is 1.64. The van der Waals surface area contributed by atoms with Crippen LogP contribution in [0.25, 0.3) is 6.08 Å². The first-order valence-corrected chi connectivity index (χ1v) is 10.2. The Kier molecular flexibility index (Phi) is 9.55. The fraction of sp³-hybridized carbons (Fsp3) is 0.545. The maximum atomic E-state index is 12.2. The lowest BCUT2D eigenvalue weighted by molar-refractivity contribution is -0.126. The van der Waals surface area contributed by atoms with Crippen molar-refractivity contribution < 1.29 is 14.3 Å². The van der Waals surface area contributed by atoms with E-state index in [1.165, 1.54) is 44.8 Å². The Morgan fingerprint density at radius 1 is 1.14 bits per heavy atom. The highest BCUT2D eigenvalue weighted by Gasteiger charge is 2.14. The number of carbonyl (C=O) groups excluding carboxylic acids is 2. The van der Waals surface area contributed by atoms with E-state index in [-0.39, 0.29) is 11.8 Å². The second kappa shape index (κ2) is 12.2. The van der Waals surface area contributed by atoms with Crippen LogP contribution in [0.5, 0.6) is 5.75 Å². The standard InChI is InChI=1S/C22H33N3O3/c1-18(22(27)23-14-7-17-25-15-5-3-4-6-16-25)24-21(26)13-10-19-8-11-20(28-2)12-9-19/h8-13,18H,3-7,14-17H2,1-2H3,(H,23,27)(H,24,26). The number of carbonyl (C=O) groups is 2. The predicted octanol–water partition coefficient (Wildman–Crippen LogP) is 2.60. The number of hydrogen-bond acceptors (Lipinski definition) is 4. The molecule has 0 saturated carbocycles. The summed E-state index contributed by atoms with van der Waals surface area (Å²) in [5, 5.41) is 5.61. The highest BCUT2D eigenvalue weighted by Crippen LogP contribution is 2.12. The number of amides is 2. The minimum Gasteiger partial charge on any atom is -0.497 e. The Morgan fingerprint density at radius 2 is 1.82 bits per heavy atom. The molecule has 0 radical (unpaired) electrons. The van der Waals surface area contributed by atoms with E-state index >= 15 is 0 Å². The van der Waals surface area contributed by atoms with Crippen LogP contribution in [0, 0.1) is 0 Å². The summed E-state index contributed by atoms with van der Waals surface area (Å²) in [5.74, 6) is 0.327. The zero-order valence-electron chi connectivity index (χ0n) is 17.1. The molecule has 28 heavy (non-hydrogen) atoms. The van der Waals surface area contributed by atoms with Crippen molar-refractivity contribution in [2.45, 2.75) is 45.1 Å². The van der Waals surface area contributed by atoms with E-state index < -0.39 is 6.04 Å². The van der Waals surface area contributed by atoms with E-state index in [0.717, 1.165) is 24.3 Å². The maximum absolute atomic E-state index is 12.2. The van der Waals surface area contributed by atoms with Crippen LogP contribution in [0.2, 0.25) is 0 Å². The van der Waals surface area contributed by atoms with Gasteiger partial charge in [-0.2, -0.15) is 0 Å². The van der Waals surface area contributed by atoms with Gasteiger partial charge in [0.15, 0.2) is 0 Å². The van der Waals surface area contributed by atoms with Crippen LogP contribution < -0.4 is 15.4 Å². The quantitative estimate of drug-likeness (QED) is 0.505. The van der Waals surface area contributed by atoms with Crippen LogP contribution in [-0.4, -0.2) is 56.0 Å². The molecule has 0 bridgehead atoms. The lowest BCUT2D eigenvalue weighted by atomic mass is 10.2. The van der Waals surface area contributed by atoms with Crippen LogP contribution in [0.3, 0.4) is 0 Å². The molecule has 1 fully saturated rings. The highest BCUT2D eigenvalue weighted by atomic mass is 16.5. The Bertz CT molecular complexity index is 635.